The number of anilines is 2. The molecule has 0 aliphatic heterocycles. The van der Waals surface area contributed by atoms with Crippen LogP contribution in [-0.4, -0.2) is 13.1 Å². The Labute approximate surface area is 84.5 Å². The molecule has 0 amide bonds. The third-order valence-corrected chi connectivity index (χ3v) is 2.15. The second-order valence-electron chi connectivity index (χ2n) is 3.32. The second-order valence-corrected chi connectivity index (χ2v) is 3.32. The number of rotatable bonds is 4. The predicted octanol–water partition coefficient (Wildman–Crippen LogP) is 2.64. The van der Waals surface area contributed by atoms with E-state index in [1.54, 1.807) is 0 Å². The number of hydrogen-bond acceptors (Lipinski definition) is 2. The standard InChI is InChI=1S/C11H17FN2/c1-3-5-14(4-2)11-7-9(12)6-10(13)8-11/h6-8H,3-5,13H2,1-2H3. The Morgan fingerprint density at radius 2 is 2.00 bits per heavy atom. The molecular weight excluding hydrogens is 179 g/mol. The molecule has 1 aromatic carbocycles. The molecule has 0 radical (unpaired) electrons. The molecule has 2 N–H and O–H groups in total. The van der Waals surface area contributed by atoms with Crippen molar-refractivity contribution in [1.29, 1.82) is 0 Å². The third kappa shape index (κ3) is 2.62. The van der Waals surface area contributed by atoms with Crippen molar-refractivity contribution in [2.24, 2.45) is 0 Å². The van der Waals surface area contributed by atoms with Crippen molar-refractivity contribution in [2.45, 2.75) is 20.3 Å². The minimum atomic E-state index is -0.269. The number of hydrogen-bond donors (Lipinski definition) is 1. The van der Waals surface area contributed by atoms with Gasteiger partial charge in [-0.25, -0.2) is 4.39 Å². The maximum absolute atomic E-state index is 13.1. The molecule has 0 aliphatic carbocycles. The highest BCUT2D eigenvalue weighted by atomic mass is 19.1. The minimum absolute atomic E-state index is 0.269. The molecule has 1 aromatic rings. The first-order valence-corrected chi connectivity index (χ1v) is 4.98. The van der Waals surface area contributed by atoms with Crippen LogP contribution in [0.2, 0.25) is 0 Å². The van der Waals surface area contributed by atoms with Gasteiger partial charge in [0.05, 0.1) is 0 Å². The summed E-state index contributed by atoms with van der Waals surface area (Å²) in [6, 6.07) is 4.67. The Bertz CT molecular complexity index is 279. The van der Waals surface area contributed by atoms with E-state index in [0.717, 1.165) is 25.2 Å². The maximum Gasteiger partial charge on any atom is 0.127 e. The first kappa shape index (κ1) is 10.8. The van der Waals surface area contributed by atoms with E-state index in [9.17, 15) is 4.39 Å². The molecule has 0 saturated heterocycles. The quantitative estimate of drug-likeness (QED) is 0.750. The van der Waals surface area contributed by atoms with E-state index in [4.69, 9.17) is 5.73 Å². The number of nitrogen functional groups attached to an aromatic ring is 1. The van der Waals surface area contributed by atoms with Gasteiger partial charge in [-0.3, -0.25) is 0 Å². The van der Waals surface area contributed by atoms with E-state index in [1.165, 1.54) is 12.1 Å². The van der Waals surface area contributed by atoms with Crippen LogP contribution in [0.4, 0.5) is 15.8 Å². The summed E-state index contributed by atoms with van der Waals surface area (Å²) in [5.41, 5.74) is 6.93. The van der Waals surface area contributed by atoms with E-state index in [-0.39, 0.29) is 5.82 Å². The maximum atomic E-state index is 13.1. The van der Waals surface area contributed by atoms with E-state index in [0.29, 0.717) is 5.69 Å². The number of nitrogens with zero attached hydrogens (tertiary/aromatic N) is 1. The van der Waals surface area contributed by atoms with E-state index in [1.807, 2.05) is 6.07 Å². The molecule has 14 heavy (non-hydrogen) atoms. The van der Waals surface area contributed by atoms with Crippen LogP contribution in [0.25, 0.3) is 0 Å². The van der Waals surface area contributed by atoms with Crippen molar-refractivity contribution >= 4 is 11.4 Å². The van der Waals surface area contributed by atoms with E-state index < -0.39 is 0 Å². The molecule has 1 rings (SSSR count). The fourth-order valence-corrected chi connectivity index (χ4v) is 1.52. The molecule has 0 spiro atoms. The van der Waals surface area contributed by atoms with Crippen molar-refractivity contribution in [3.05, 3.63) is 24.0 Å². The second kappa shape index (κ2) is 4.84. The lowest BCUT2D eigenvalue weighted by Crippen LogP contribution is -2.23. The zero-order valence-electron chi connectivity index (χ0n) is 8.76. The fraction of sp³-hybridized carbons (Fsp3) is 0.455. The SMILES string of the molecule is CCCN(CC)c1cc(N)cc(F)c1. The average molecular weight is 196 g/mol. The summed E-state index contributed by atoms with van der Waals surface area (Å²) in [7, 11) is 0. The summed E-state index contributed by atoms with van der Waals surface area (Å²) in [5, 5.41) is 0. The lowest BCUT2D eigenvalue weighted by atomic mass is 10.2. The number of halogens is 1. The summed E-state index contributed by atoms with van der Waals surface area (Å²) in [6.45, 7) is 5.96. The average Bonchev–Trinajstić information content (AvgIpc) is 2.12. The number of benzene rings is 1. The summed E-state index contributed by atoms with van der Waals surface area (Å²) in [5.74, 6) is -0.269. The Balaban J connectivity index is 2.91. The van der Waals surface area contributed by atoms with E-state index in [2.05, 4.69) is 18.7 Å². The Morgan fingerprint density at radius 3 is 2.50 bits per heavy atom. The van der Waals surface area contributed by atoms with Crippen molar-refractivity contribution in [3.8, 4) is 0 Å². The van der Waals surface area contributed by atoms with Gasteiger partial charge in [0.25, 0.3) is 0 Å². The van der Waals surface area contributed by atoms with Crippen molar-refractivity contribution in [2.75, 3.05) is 23.7 Å². The van der Waals surface area contributed by atoms with Gasteiger partial charge in [-0.15, -0.1) is 0 Å². The van der Waals surface area contributed by atoms with Gasteiger partial charge < -0.3 is 10.6 Å². The van der Waals surface area contributed by atoms with Gasteiger partial charge in [0.15, 0.2) is 0 Å². The summed E-state index contributed by atoms with van der Waals surface area (Å²) < 4.78 is 13.1. The molecule has 0 aliphatic rings. The molecule has 0 fully saturated rings. The summed E-state index contributed by atoms with van der Waals surface area (Å²) >= 11 is 0. The molecule has 0 saturated carbocycles. The van der Waals surface area contributed by atoms with Gasteiger partial charge in [-0.2, -0.15) is 0 Å². The van der Waals surface area contributed by atoms with Crippen LogP contribution in [0, 0.1) is 5.82 Å². The monoisotopic (exact) mass is 196 g/mol. The smallest absolute Gasteiger partial charge is 0.127 e. The van der Waals surface area contributed by atoms with E-state index >= 15 is 0 Å². The van der Waals surface area contributed by atoms with Crippen LogP contribution in [0.15, 0.2) is 18.2 Å². The first-order valence-electron chi connectivity index (χ1n) is 4.98. The third-order valence-electron chi connectivity index (χ3n) is 2.15. The van der Waals surface area contributed by atoms with Crippen molar-refractivity contribution < 1.29 is 4.39 Å². The molecule has 0 unspecified atom stereocenters. The van der Waals surface area contributed by atoms with Crippen LogP contribution in [0.5, 0.6) is 0 Å². The van der Waals surface area contributed by atoms with Gasteiger partial charge in [0, 0.05) is 24.5 Å². The predicted molar refractivity (Wildman–Crippen MR) is 59.0 cm³/mol. The van der Waals surface area contributed by atoms with Gasteiger partial charge in [0.2, 0.25) is 0 Å². The molecule has 0 atom stereocenters. The lowest BCUT2D eigenvalue weighted by molar-refractivity contribution is 0.627. The van der Waals surface area contributed by atoms with Crippen LogP contribution in [0.3, 0.4) is 0 Å². The Hall–Kier alpha value is -1.25. The molecule has 78 valence electrons. The highest BCUT2D eigenvalue weighted by Gasteiger charge is 2.05. The Kier molecular flexibility index (Phi) is 3.74. The van der Waals surface area contributed by atoms with Crippen LogP contribution >= 0.6 is 0 Å². The van der Waals surface area contributed by atoms with Crippen molar-refractivity contribution in [1.82, 2.24) is 0 Å². The fourth-order valence-electron chi connectivity index (χ4n) is 1.52. The normalized spacial score (nSPS) is 10.2. The van der Waals surface area contributed by atoms with Crippen LogP contribution in [0.1, 0.15) is 20.3 Å². The highest BCUT2D eigenvalue weighted by molar-refractivity contribution is 5.56. The molecule has 2 nitrogen and oxygen atoms in total. The lowest BCUT2D eigenvalue weighted by Gasteiger charge is -2.22. The molecule has 0 aromatic heterocycles. The largest absolute Gasteiger partial charge is 0.399 e. The minimum Gasteiger partial charge on any atom is -0.399 e. The van der Waals surface area contributed by atoms with Crippen LogP contribution in [-0.2, 0) is 0 Å². The number of nitrogens with two attached hydrogens (primary N) is 1. The highest BCUT2D eigenvalue weighted by Crippen LogP contribution is 2.19. The molecule has 3 heteroatoms. The van der Waals surface area contributed by atoms with Gasteiger partial charge in [-0.1, -0.05) is 6.92 Å². The van der Waals surface area contributed by atoms with Gasteiger partial charge >= 0.3 is 0 Å². The molecule has 0 heterocycles. The van der Waals surface area contributed by atoms with Crippen molar-refractivity contribution in [3.63, 3.8) is 0 Å². The van der Waals surface area contributed by atoms with Gasteiger partial charge in [0.1, 0.15) is 5.82 Å². The zero-order chi connectivity index (χ0) is 10.6. The first-order chi connectivity index (χ1) is 6.67. The molecular formula is C11H17FN2. The zero-order valence-corrected chi connectivity index (χ0v) is 8.76. The summed E-state index contributed by atoms with van der Waals surface area (Å²) in [6.07, 6.45) is 1.05. The van der Waals surface area contributed by atoms with Gasteiger partial charge in [-0.05, 0) is 31.5 Å². The molecule has 0 bridgehead atoms. The van der Waals surface area contributed by atoms with Crippen LogP contribution < -0.4 is 10.6 Å². The topological polar surface area (TPSA) is 29.3 Å². The Morgan fingerprint density at radius 1 is 1.29 bits per heavy atom. The summed E-state index contributed by atoms with van der Waals surface area (Å²) in [4.78, 5) is 2.11.